The Hall–Kier alpha value is -0.0100. The number of amides is 1. The number of nitrogens with one attached hydrogen (secondary N) is 2. The Morgan fingerprint density at radius 1 is 1.43 bits per heavy atom. The van der Waals surface area contributed by atoms with Crippen LogP contribution in [0.2, 0.25) is 0 Å². The summed E-state index contributed by atoms with van der Waals surface area (Å²) in [4.78, 5) is 15.1. The lowest BCUT2D eigenvalue weighted by atomic mass is 9.91. The average molecular weight is 364 g/mol. The fourth-order valence-electron chi connectivity index (χ4n) is 3.90. The second-order valence-corrected chi connectivity index (χ2v) is 8.03. The van der Waals surface area contributed by atoms with Gasteiger partial charge >= 0.3 is 0 Å². The molecule has 2 N–H and O–H groups in total. The maximum Gasteiger partial charge on any atom is 0.223 e. The van der Waals surface area contributed by atoms with Gasteiger partial charge in [0.25, 0.3) is 0 Å². The van der Waals surface area contributed by atoms with E-state index >= 15 is 0 Å². The van der Waals surface area contributed by atoms with Crippen LogP contribution in [0.25, 0.3) is 0 Å². The highest BCUT2D eigenvalue weighted by atomic mass is 35.5. The molecule has 3 rings (SSSR count). The Balaban J connectivity index is 0.00000192. The third kappa shape index (κ3) is 4.75. The van der Waals surface area contributed by atoms with Crippen molar-refractivity contribution in [1.29, 1.82) is 0 Å². The number of morpholine rings is 1. The molecule has 3 heterocycles. The van der Waals surface area contributed by atoms with E-state index in [1.54, 1.807) is 0 Å². The van der Waals surface area contributed by atoms with E-state index in [-0.39, 0.29) is 29.8 Å². The Morgan fingerprint density at radius 3 is 2.87 bits per heavy atom. The number of halogens is 1. The van der Waals surface area contributed by atoms with Gasteiger partial charge in [-0.15, -0.1) is 12.4 Å². The van der Waals surface area contributed by atoms with Crippen molar-refractivity contribution in [3.8, 4) is 0 Å². The minimum atomic E-state index is 0. The lowest BCUT2D eigenvalue weighted by Crippen LogP contribution is -2.59. The molecule has 3 atom stereocenters. The number of hydrogen-bond donors (Lipinski definition) is 2. The molecule has 0 aromatic heterocycles. The van der Waals surface area contributed by atoms with Crippen LogP contribution in [-0.2, 0) is 9.53 Å². The molecule has 3 aliphatic heterocycles. The smallest absolute Gasteiger partial charge is 0.223 e. The molecule has 134 valence electrons. The van der Waals surface area contributed by atoms with Crippen LogP contribution in [0, 0.1) is 5.92 Å². The van der Waals surface area contributed by atoms with Gasteiger partial charge in [0.1, 0.15) is 0 Å². The first-order chi connectivity index (χ1) is 10.7. The van der Waals surface area contributed by atoms with E-state index in [2.05, 4.69) is 22.5 Å². The van der Waals surface area contributed by atoms with Gasteiger partial charge in [0, 0.05) is 42.9 Å². The van der Waals surface area contributed by atoms with Gasteiger partial charge in [-0.05, 0) is 38.5 Å². The van der Waals surface area contributed by atoms with Crippen LogP contribution >= 0.6 is 24.2 Å². The first-order valence-electron chi connectivity index (χ1n) is 8.61. The zero-order chi connectivity index (χ0) is 15.4. The molecule has 0 aliphatic carbocycles. The van der Waals surface area contributed by atoms with Gasteiger partial charge in [0.2, 0.25) is 5.91 Å². The fourth-order valence-corrected chi connectivity index (χ4v) is 5.38. The Morgan fingerprint density at radius 2 is 2.22 bits per heavy atom. The Bertz CT molecular complexity index is 388. The largest absolute Gasteiger partial charge is 0.379 e. The topological polar surface area (TPSA) is 53.6 Å². The van der Waals surface area contributed by atoms with Gasteiger partial charge in [-0.1, -0.05) is 0 Å². The van der Waals surface area contributed by atoms with E-state index in [0.29, 0.717) is 6.04 Å². The van der Waals surface area contributed by atoms with Crippen molar-refractivity contribution in [2.75, 3.05) is 50.9 Å². The molecule has 3 aliphatic rings. The van der Waals surface area contributed by atoms with Gasteiger partial charge in [0.15, 0.2) is 0 Å². The summed E-state index contributed by atoms with van der Waals surface area (Å²) in [7, 11) is 0. The van der Waals surface area contributed by atoms with Crippen molar-refractivity contribution in [1.82, 2.24) is 15.5 Å². The molecule has 0 bridgehead atoms. The van der Waals surface area contributed by atoms with Crippen LogP contribution in [0.15, 0.2) is 0 Å². The van der Waals surface area contributed by atoms with Crippen LogP contribution in [0.3, 0.4) is 0 Å². The molecule has 3 saturated heterocycles. The number of nitrogens with zero attached hydrogens (tertiary/aromatic N) is 1. The van der Waals surface area contributed by atoms with E-state index in [1.165, 1.54) is 12.2 Å². The van der Waals surface area contributed by atoms with Crippen molar-refractivity contribution in [3.63, 3.8) is 0 Å². The molecule has 0 spiro atoms. The molecule has 0 radical (unpaired) electrons. The third-order valence-corrected chi connectivity index (χ3v) is 6.58. The van der Waals surface area contributed by atoms with Crippen LogP contribution in [-0.4, -0.2) is 73.3 Å². The number of piperidine rings is 1. The number of ether oxygens (including phenoxy) is 1. The maximum absolute atomic E-state index is 12.5. The molecule has 0 aromatic carbocycles. The van der Waals surface area contributed by atoms with Crippen molar-refractivity contribution in [3.05, 3.63) is 0 Å². The Kier molecular flexibility index (Phi) is 7.48. The molecular formula is C16H30ClN3O2S. The minimum absolute atomic E-state index is 0. The normalized spacial score (nSPS) is 35.5. The number of thioether (sulfide) groups is 1. The van der Waals surface area contributed by atoms with Gasteiger partial charge in [-0.3, -0.25) is 9.69 Å². The van der Waals surface area contributed by atoms with Crippen LogP contribution < -0.4 is 10.6 Å². The average Bonchev–Trinajstić information content (AvgIpc) is 3.04. The minimum Gasteiger partial charge on any atom is -0.379 e. The first kappa shape index (κ1) is 19.3. The van der Waals surface area contributed by atoms with Crippen molar-refractivity contribution >= 4 is 30.1 Å². The standard InChI is InChI=1S/C16H29N3O2S.ClH/c1-13-10-14(2-4-17-13)15(20)18-11-16(3-9-22-12-16)19-5-7-21-8-6-19;/h13-14,17H,2-12H2,1H3,(H,18,20);1H/t13-,14-,16?;/m0./s1. The molecular weight excluding hydrogens is 334 g/mol. The lowest BCUT2D eigenvalue weighted by Gasteiger charge is -2.43. The van der Waals surface area contributed by atoms with Crippen LogP contribution in [0.4, 0.5) is 0 Å². The molecule has 0 aromatic rings. The zero-order valence-electron chi connectivity index (χ0n) is 14.0. The van der Waals surface area contributed by atoms with E-state index in [0.717, 1.165) is 58.0 Å². The van der Waals surface area contributed by atoms with Gasteiger partial charge in [-0.25, -0.2) is 0 Å². The highest BCUT2D eigenvalue weighted by molar-refractivity contribution is 7.99. The lowest BCUT2D eigenvalue weighted by molar-refractivity contribution is -0.126. The molecule has 1 amide bonds. The highest BCUT2D eigenvalue weighted by Crippen LogP contribution is 2.33. The SMILES string of the molecule is C[C@H]1C[C@@H](C(=O)NCC2(N3CCOCC3)CCSC2)CCN1.Cl. The monoisotopic (exact) mass is 363 g/mol. The summed E-state index contributed by atoms with van der Waals surface area (Å²) in [5.41, 5.74) is 0.155. The summed E-state index contributed by atoms with van der Waals surface area (Å²) in [6, 6.07) is 0.458. The highest BCUT2D eigenvalue weighted by Gasteiger charge is 2.41. The molecule has 7 heteroatoms. The van der Waals surface area contributed by atoms with E-state index in [1.807, 2.05) is 11.8 Å². The zero-order valence-corrected chi connectivity index (χ0v) is 15.6. The number of carbonyl (C=O) groups excluding carboxylic acids is 1. The number of hydrogen-bond acceptors (Lipinski definition) is 5. The van der Waals surface area contributed by atoms with Gasteiger partial charge in [0.05, 0.1) is 13.2 Å². The predicted molar refractivity (Wildman–Crippen MR) is 97.5 cm³/mol. The van der Waals surface area contributed by atoms with Crippen molar-refractivity contribution in [2.24, 2.45) is 5.92 Å². The van der Waals surface area contributed by atoms with E-state index in [9.17, 15) is 4.79 Å². The van der Waals surface area contributed by atoms with E-state index < -0.39 is 0 Å². The third-order valence-electron chi connectivity index (χ3n) is 5.35. The quantitative estimate of drug-likeness (QED) is 0.784. The molecule has 5 nitrogen and oxygen atoms in total. The van der Waals surface area contributed by atoms with Crippen LogP contribution in [0.1, 0.15) is 26.2 Å². The summed E-state index contributed by atoms with van der Waals surface area (Å²) in [5, 5.41) is 6.71. The summed E-state index contributed by atoms with van der Waals surface area (Å²) in [6.45, 7) is 7.59. The first-order valence-corrected chi connectivity index (χ1v) is 9.77. The molecule has 23 heavy (non-hydrogen) atoms. The Labute approximate surface area is 150 Å². The summed E-state index contributed by atoms with van der Waals surface area (Å²) in [6.07, 6.45) is 3.11. The molecule has 1 unspecified atom stereocenters. The van der Waals surface area contributed by atoms with Gasteiger partial charge in [-0.2, -0.15) is 11.8 Å². The summed E-state index contributed by atoms with van der Waals surface area (Å²) < 4.78 is 5.49. The van der Waals surface area contributed by atoms with Crippen LogP contribution in [0.5, 0.6) is 0 Å². The predicted octanol–water partition coefficient (Wildman–Crippen LogP) is 1.12. The second-order valence-electron chi connectivity index (χ2n) is 6.92. The molecule has 0 saturated carbocycles. The summed E-state index contributed by atoms with van der Waals surface area (Å²) >= 11 is 2.02. The maximum atomic E-state index is 12.5. The van der Waals surface area contributed by atoms with Crippen molar-refractivity contribution in [2.45, 2.75) is 37.8 Å². The fraction of sp³-hybridized carbons (Fsp3) is 0.938. The number of rotatable bonds is 4. The number of carbonyl (C=O) groups is 1. The van der Waals surface area contributed by atoms with Gasteiger partial charge < -0.3 is 15.4 Å². The molecule has 3 fully saturated rings. The summed E-state index contributed by atoms with van der Waals surface area (Å²) in [5.74, 6) is 2.79. The second kappa shape index (κ2) is 8.90. The van der Waals surface area contributed by atoms with Crippen molar-refractivity contribution < 1.29 is 9.53 Å². The van der Waals surface area contributed by atoms with E-state index in [4.69, 9.17) is 4.74 Å².